The average molecular weight is 266 g/mol. The minimum atomic E-state index is -0.215. The van der Waals surface area contributed by atoms with Gasteiger partial charge in [-0.15, -0.1) is 21.5 Å². The summed E-state index contributed by atoms with van der Waals surface area (Å²) in [6.07, 6.45) is 2.38. The Balaban J connectivity index is 1.71. The average Bonchev–Trinajstić information content (AvgIpc) is 2.90. The summed E-state index contributed by atoms with van der Waals surface area (Å²) in [6.45, 7) is 1.87. The van der Waals surface area contributed by atoms with E-state index in [0.717, 1.165) is 10.0 Å². The van der Waals surface area contributed by atoms with Crippen LogP contribution in [0.3, 0.4) is 0 Å². The highest BCUT2D eigenvalue weighted by molar-refractivity contribution is 7.15. The van der Waals surface area contributed by atoms with Gasteiger partial charge in [-0.05, 0) is 19.8 Å². The lowest BCUT2D eigenvalue weighted by molar-refractivity contribution is 0.102. The van der Waals surface area contributed by atoms with E-state index in [-0.39, 0.29) is 5.91 Å². The minimum absolute atomic E-state index is 0.215. The molecule has 0 radical (unpaired) electrons. The molecule has 0 unspecified atom stereocenters. The third kappa shape index (κ3) is 2.34. The summed E-state index contributed by atoms with van der Waals surface area (Å²) in [5.74, 6) is 0.354. The number of thiazole rings is 1. The number of aromatic nitrogens is 3. The van der Waals surface area contributed by atoms with Gasteiger partial charge < -0.3 is 0 Å². The molecule has 1 N–H and O–H groups in total. The molecular weight excluding hydrogens is 256 g/mol. The molecule has 1 amide bonds. The van der Waals surface area contributed by atoms with E-state index in [9.17, 15) is 4.79 Å². The van der Waals surface area contributed by atoms with Crippen LogP contribution < -0.4 is 5.32 Å². The third-order valence-electron chi connectivity index (χ3n) is 2.44. The largest absolute Gasteiger partial charge is 0.295 e. The van der Waals surface area contributed by atoms with Crippen molar-refractivity contribution in [1.29, 1.82) is 0 Å². The van der Waals surface area contributed by atoms with Crippen molar-refractivity contribution < 1.29 is 4.79 Å². The lowest BCUT2D eigenvalue weighted by atomic mass is 10.5. The van der Waals surface area contributed by atoms with E-state index >= 15 is 0 Å². The van der Waals surface area contributed by atoms with Crippen molar-refractivity contribution in [1.82, 2.24) is 15.2 Å². The first-order valence-corrected chi connectivity index (χ1v) is 6.99. The van der Waals surface area contributed by atoms with Crippen molar-refractivity contribution in [3.8, 4) is 0 Å². The van der Waals surface area contributed by atoms with E-state index in [1.54, 1.807) is 5.38 Å². The molecule has 1 fully saturated rings. The topological polar surface area (TPSA) is 67.8 Å². The SMILES string of the molecule is Cc1nc(C(=O)Nc2nnc(C3CC3)s2)cs1. The van der Waals surface area contributed by atoms with Crippen LogP contribution in [0.5, 0.6) is 0 Å². The Morgan fingerprint density at radius 2 is 2.29 bits per heavy atom. The van der Waals surface area contributed by atoms with Crippen LogP contribution in [0.4, 0.5) is 5.13 Å². The van der Waals surface area contributed by atoms with Crippen LogP contribution in [0.1, 0.15) is 39.3 Å². The van der Waals surface area contributed by atoms with E-state index < -0.39 is 0 Å². The molecule has 5 nitrogen and oxygen atoms in total. The van der Waals surface area contributed by atoms with Crippen molar-refractivity contribution in [3.05, 3.63) is 21.1 Å². The Kier molecular flexibility index (Phi) is 2.64. The number of aryl methyl sites for hydroxylation is 1. The van der Waals surface area contributed by atoms with E-state index in [1.807, 2.05) is 6.92 Å². The van der Waals surface area contributed by atoms with Gasteiger partial charge >= 0.3 is 0 Å². The Bertz CT molecular complexity index is 558. The van der Waals surface area contributed by atoms with Gasteiger partial charge in [0.1, 0.15) is 10.7 Å². The maximum Gasteiger partial charge on any atom is 0.276 e. The fourth-order valence-corrected chi connectivity index (χ4v) is 2.91. The van der Waals surface area contributed by atoms with Crippen LogP contribution >= 0.6 is 22.7 Å². The molecule has 0 saturated heterocycles. The van der Waals surface area contributed by atoms with Crippen LogP contribution in [-0.2, 0) is 0 Å². The maximum absolute atomic E-state index is 11.8. The molecule has 17 heavy (non-hydrogen) atoms. The lowest BCUT2D eigenvalue weighted by Crippen LogP contribution is -2.12. The van der Waals surface area contributed by atoms with E-state index in [1.165, 1.54) is 35.5 Å². The predicted octanol–water partition coefficient (Wildman–Crippen LogP) is 2.43. The van der Waals surface area contributed by atoms with Gasteiger partial charge in [-0.25, -0.2) is 4.98 Å². The number of amides is 1. The zero-order chi connectivity index (χ0) is 11.8. The summed E-state index contributed by atoms with van der Waals surface area (Å²) in [7, 11) is 0. The zero-order valence-electron chi connectivity index (χ0n) is 9.14. The highest BCUT2D eigenvalue weighted by Crippen LogP contribution is 2.42. The molecular formula is C10H10N4OS2. The summed E-state index contributed by atoms with van der Waals surface area (Å²) >= 11 is 2.91. The molecule has 88 valence electrons. The van der Waals surface area contributed by atoms with Crippen molar-refractivity contribution in [2.24, 2.45) is 0 Å². The number of carbonyl (C=O) groups is 1. The second-order valence-corrected chi connectivity index (χ2v) is 6.00. The maximum atomic E-state index is 11.8. The van der Waals surface area contributed by atoms with Gasteiger partial charge in [0, 0.05) is 11.3 Å². The highest BCUT2D eigenvalue weighted by atomic mass is 32.1. The molecule has 0 bridgehead atoms. The summed E-state index contributed by atoms with van der Waals surface area (Å²) in [4.78, 5) is 15.9. The zero-order valence-corrected chi connectivity index (χ0v) is 10.8. The third-order valence-corrected chi connectivity index (χ3v) is 4.21. The van der Waals surface area contributed by atoms with Crippen LogP contribution in [0.25, 0.3) is 0 Å². The van der Waals surface area contributed by atoms with Gasteiger partial charge in [0.2, 0.25) is 5.13 Å². The molecule has 2 heterocycles. The molecule has 1 aliphatic rings. The first kappa shape index (κ1) is 10.8. The van der Waals surface area contributed by atoms with Crippen molar-refractivity contribution in [2.45, 2.75) is 25.7 Å². The quantitative estimate of drug-likeness (QED) is 0.926. The normalized spacial score (nSPS) is 14.9. The Hall–Kier alpha value is -1.34. The summed E-state index contributed by atoms with van der Waals surface area (Å²) in [5, 5.41) is 15.0. The molecule has 0 atom stereocenters. The Morgan fingerprint density at radius 1 is 1.47 bits per heavy atom. The Morgan fingerprint density at radius 3 is 2.94 bits per heavy atom. The van der Waals surface area contributed by atoms with Crippen molar-refractivity contribution in [3.63, 3.8) is 0 Å². The van der Waals surface area contributed by atoms with Gasteiger partial charge in [-0.1, -0.05) is 11.3 Å². The molecule has 0 aromatic carbocycles. The van der Waals surface area contributed by atoms with Crippen LogP contribution in [0.2, 0.25) is 0 Å². The molecule has 3 rings (SSSR count). The van der Waals surface area contributed by atoms with Crippen LogP contribution in [0.15, 0.2) is 5.38 Å². The van der Waals surface area contributed by atoms with Crippen LogP contribution in [-0.4, -0.2) is 21.1 Å². The van der Waals surface area contributed by atoms with E-state index in [2.05, 4.69) is 20.5 Å². The van der Waals surface area contributed by atoms with Crippen molar-refractivity contribution >= 4 is 33.7 Å². The second kappa shape index (κ2) is 4.15. The molecule has 0 spiro atoms. The monoisotopic (exact) mass is 266 g/mol. The lowest BCUT2D eigenvalue weighted by Gasteiger charge is -1.95. The molecule has 2 aromatic heterocycles. The number of nitrogens with one attached hydrogen (secondary N) is 1. The number of hydrogen-bond acceptors (Lipinski definition) is 6. The molecule has 2 aromatic rings. The van der Waals surface area contributed by atoms with Gasteiger partial charge in [0.15, 0.2) is 0 Å². The van der Waals surface area contributed by atoms with Gasteiger partial charge in [0.25, 0.3) is 5.91 Å². The first-order valence-electron chi connectivity index (χ1n) is 5.29. The van der Waals surface area contributed by atoms with Crippen LogP contribution in [0, 0.1) is 6.92 Å². The van der Waals surface area contributed by atoms with E-state index in [0.29, 0.717) is 16.7 Å². The predicted molar refractivity (Wildman–Crippen MR) is 66.7 cm³/mol. The molecule has 1 aliphatic carbocycles. The number of nitrogens with zero attached hydrogens (tertiary/aromatic N) is 3. The van der Waals surface area contributed by atoms with E-state index in [4.69, 9.17) is 0 Å². The summed E-state index contributed by atoms with van der Waals surface area (Å²) in [5.41, 5.74) is 0.440. The fraction of sp³-hybridized carbons (Fsp3) is 0.400. The fourth-order valence-electron chi connectivity index (χ4n) is 1.41. The standard InChI is InChI=1S/C10H10N4OS2/c1-5-11-7(4-16-5)8(15)12-10-14-13-9(17-10)6-2-3-6/h4,6H,2-3H2,1H3,(H,12,14,15). The number of anilines is 1. The van der Waals surface area contributed by atoms with Gasteiger partial charge in [-0.3, -0.25) is 10.1 Å². The van der Waals surface area contributed by atoms with Gasteiger partial charge in [-0.2, -0.15) is 0 Å². The minimum Gasteiger partial charge on any atom is -0.295 e. The second-order valence-electron chi connectivity index (χ2n) is 3.93. The molecule has 7 heteroatoms. The van der Waals surface area contributed by atoms with Crippen molar-refractivity contribution in [2.75, 3.05) is 5.32 Å². The number of rotatable bonds is 3. The highest BCUT2D eigenvalue weighted by Gasteiger charge is 2.27. The Labute approximate surface area is 106 Å². The number of hydrogen-bond donors (Lipinski definition) is 1. The summed E-state index contributed by atoms with van der Waals surface area (Å²) in [6, 6.07) is 0. The molecule has 0 aliphatic heterocycles. The number of carbonyl (C=O) groups excluding carboxylic acids is 1. The first-order chi connectivity index (χ1) is 8.22. The summed E-state index contributed by atoms with van der Waals surface area (Å²) < 4.78 is 0. The smallest absolute Gasteiger partial charge is 0.276 e. The molecule has 1 saturated carbocycles. The van der Waals surface area contributed by atoms with Gasteiger partial charge in [0.05, 0.1) is 5.01 Å².